The van der Waals surface area contributed by atoms with Gasteiger partial charge in [-0.05, 0) is 32.1 Å². The molecule has 1 saturated heterocycles. The van der Waals surface area contributed by atoms with Crippen molar-refractivity contribution in [1.29, 1.82) is 0 Å². The van der Waals surface area contributed by atoms with Gasteiger partial charge >= 0.3 is 0 Å². The van der Waals surface area contributed by atoms with E-state index in [0.29, 0.717) is 6.10 Å². The quantitative estimate of drug-likeness (QED) is 0.603. The molecule has 1 aliphatic heterocycles. The molecule has 2 saturated carbocycles. The lowest BCUT2D eigenvalue weighted by molar-refractivity contribution is -0.0352. The number of hydrogen-bond acceptors (Lipinski definition) is 2. The first-order chi connectivity index (χ1) is 5.77. The van der Waals surface area contributed by atoms with Gasteiger partial charge in [-0.15, -0.1) is 0 Å². The first-order valence-electron chi connectivity index (χ1n) is 5.17. The predicted molar refractivity (Wildman–Crippen MR) is 44.9 cm³/mol. The van der Waals surface area contributed by atoms with Crippen LogP contribution >= 0.6 is 0 Å². The summed E-state index contributed by atoms with van der Waals surface area (Å²) in [6, 6.07) is 0. The summed E-state index contributed by atoms with van der Waals surface area (Å²) < 4.78 is 5.68. The molecule has 1 N–H and O–H groups in total. The van der Waals surface area contributed by atoms with Crippen LogP contribution in [0, 0.1) is 0 Å². The second kappa shape index (κ2) is 2.05. The lowest BCUT2D eigenvalue weighted by Crippen LogP contribution is -2.42. The van der Waals surface area contributed by atoms with E-state index in [9.17, 15) is 5.11 Å². The Bertz CT molecular complexity index is 202. The Morgan fingerprint density at radius 3 is 2.33 bits per heavy atom. The molecule has 0 aromatic carbocycles. The van der Waals surface area contributed by atoms with Gasteiger partial charge in [-0.1, -0.05) is 12.8 Å². The number of hydrogen-bond donors (Lipinski definition) is 1. The molecule has 2 atom stereocenters. The van der Waals surface area contributed by atoms with Crippen LogP contribution in [-0.2, 0) is 4.74 Å². The fraction of sp³-hybridized carbons (Fsp3) is 1.00. The zero-order valence-electron chi connectivity index (χ0n) is 7.38. The van der Waals surface area contributed by atoms with Gasteiger partial charge in [-0.3, -0.25) is 0 Å². The minimum Gasteiger partial charge on any atom is -0.387 e. The third kappa shape index (κ3) is 0.686. The highest BCUT2D eigenvalue weighted by Gasteiger charge is 2.70. The lowest BCUT2D eigenvalue weighted by atomic mass is 9.84. The number of aliphatic hydroxyl groups is 1. The van der Waals surface area contributed by atoms with Gasteiger partial charge in [0.15, 0.2) is 0 Å². The van der Waals surface area contributed by atoms with Crippen molar-refractivity contribution in [2.75, 3.05) is 0 Å². The van der Waals surface area contributed by atoms with E-state index < -0.39 is 5.60 Å². The van der Waals surface area contributed by atoms with Crippen LogP contribution in [0.4, 0.5) is 0 Å². The summed E-state index contributed by atoms with van der Waals surface area (Å²) in [6.45, 7) is 0. The summed E-state index contributed by atoms with van der Waals surface area (Å²) in [5.74, 6) is 0. The molecule has 0 spiro atoms. The Hall–Kier alpha value is -0.0800. The molecule has 3 rings (SSSR count). The number of ether oxygens (including phenoxy) is 1. The van der Waals surface area contributed by atoms with Gasteiger partial charge in [0.05, 0.1) is 11.7 Å². The Morgan fingerprint density at radius 1 is 1.08 bits per heavy atom. The van der Waals surface area contributed by atoms with E-state index in [2.05, 4.69) is 0 Å². The van der Waals surface area contributed by atoms with Crippen molar-refractivity contribution >= 4 is 0 Å². The zero-order valence-corrected chi connectivity index (χ0v) is 7.38. The summed E-state index contributed by atoms with van der Waals surface area (Å²) in [5.41, 5.74) is -0.502. The Morgan fingerprint density at radius 2 is 1.83 bits per heavy atom. The highest BCUT2D eigenvalue weighted by molar-refractivity contribution is 5.19. The van der Waals surface area contributed by atoms with Gasteiger partial charge in [0.2, 0.25) is 0 Å². The number of fused-ring (bicyclic) bond motifs is 1. The van der Waals surface area contributed by atoms with Crippen LogP contribution in [0.5, 0.6) is 0 Å². The monoisotopic (exact) mass is 168 g/mol. The summed E-state index contributed by atoms with van der Waals surface area (Å²) in [7, 11) is 0. The van der Waals surface area contributed by atoms with Gasteiger partial charge in [-0.2, -0.15) is 0 Å². The van der Waals surface area contributed by atoms with Crippen LogP contribution < -0.4 is 0 Å². The molecule has 0 radical (unpaired) electrons. The van der Waals surface area contributed by atoms with E-state index in [0.717, 1.165) is 19.3 Å². The Kier molecular flexibility index (Phi) is 1.25. The molecule has 2 unspecified atom stereocenters. The summed E-state index contributed by atoms with van der Waals surface area (Å²) in [5, 5.41) is 10.4. The highest BCUT2D eigenvalue weighted by Crippen LogP contribution is 2.60. The molecule has 3 aliphatic rings. The van der Waals surface area contributed by atoms with Crippen molar-refractivity contribution in [3.8, 4) is 0 Å². The Labute approximate surface area is 72.9 Å². The summed E-state index contributed by atoms with van der Waals surface area (Å²) >= 11 is 0. The smallest absolute Gasteiger partial charge is 0.123 e. The standard InChI is InChI=1S/C10H16O2/c11-9(5-1-2-6-9)10-7-3-4-8(10)12-10/h8,11H,1-7H2. The van der Waals surface area contributed by atoms with Crippen LogP contribution in [0.25, 0.3) is 0 Å². The molecule has 1 heterocycles. The molecular weight excluding hydrogens is 152 g/mol. The molecule has 0 amide bonds. The number of epoxide rings is 1. The maximum absolute atomic E-state index is 10.4. The van der Waals surface area contributed by atoms with Crippen molar-refractivity contribution < 1.29 is 9.84 Å². The topological polar surface area (TPSA) is 32.8 Å². The first kappa shape index (κ1) is 7.34. The molecule has 0 aromatic heterocycles. The fourth-order valence-corrected chi connectivity index (χ4v) is 3.31. The van der Waals surface area contributed by atoms with Crippen LogP contribution in [-0.4, -0.2) is 22.4 Å². The maximum Gasteiger partial charge on any atom is 0.123 e. The third-order valence-electron chi connectivity index (χ3n) is 4.05. The molecular formula is C10H16O2. The van der Waals surface area contributed by atoms with E-state index in [-0.39, 0.29) is 5.60 Å². The van der Waals surface area contributed by atoms with E-state index in [1.165, 1.54) is 25.7 Å². The van der Waals surface area contributed by atoms with E-state index in [1.807, 2.05) is 0 Å². The van der Waals surface area contributed by atoms with Crippen molar-refractivity contribution in [3.05, 3.63) is 0 Å². The first-order valence-corrected chi connectivity index (χ1v) is 5.17. The van der Waals surface area contributed by atoms with Crippen LogP contribution in [0.15, 0.2) is 0 Å². The van der Waals surface area contributed by atoms with Crippen LogP contribution in [0.2, 0.25) is 0 Å². The third-order valence-corrected chi connectivity index (χ3v) is 4.05. The number of rotatable bonds is 1. The summed E-state index contributed by atoms with van der Waals surface area (Å²) in [4.78, 5) is 0. The molecule has 2 nitrogen and oxygen atoms in total. The van der Waals surface area contributed by atoms with Crippen LogP contribution in [0.1, 0.15) is 44.9 Å². The van der Waals surface area contributed by atoms with Gasteiger partial charge in [0.1, 0.15) is 5.60 Å². The molecule has 0 aromatic rings. The largest absolute Gasteiger partial charge is 0.387 e. The molecule has 3 fully saturated rings. The van der Waals surface area contributed by atoms with Gasteiger partial charge < -0.3 is 9.84 Å². The molecule has 2 heteroatoms. The van der Waals surface area contributed by atoms with Crippen LogP contribution in [0.3, 0.4) is 0 Å². The minimum absolute atomic E-state index is 0.0660. The SMILES string of the molecule is OC1(C23CCCC2O3)CCCC1. The van der Waals surface area contributed by atoms with Crippen molar-refractivity contribution in [2.45, 2.75) is 62.3 Å². The van der Waals surface area contributed by atoms with Gasteiger partial charge in [-0.25, -0.2) is 0 Å². The molecule has 2 aliphatic carbocycles. The Balaban J connectivity index is 1.87. The van der Waals surface area contributed by atoms with E-state index in [1.54, 1.807) is 0 Å². The average molecular weight is 168 g/mol. The van der Waals surface area contributed by atoms with Crippen molar-refractivity contribution in [1.82, 2.24) is 0 Å². The van der Waals surface area contributed by atoms with Gasteiger partial charge in [0.25, 0.3) is 0 Å². The highest BCUT2D eigenvalue weighted by atomic mass is 16.6. The normalized spacial score (nSPS) is 49.2. The second-order valence-electron chi connectivity index (χ2n) is 4.63. The van der Waals surface area contributed by atoms with Crippen molar-refractivity contribution in [2.24, 2.45) is 0 Å². The zero-order chi connectivity index (χ0) is 8.23. The lowest BCUT2D eigenvalue weighted by Gasteiger charge is -2.28. The minimum atomic E-state index is -0.436. The molecule has 12 heavy (non-hydrogen) atoms. The molecule has 68 valence electrons. The predicted octanol–water partition coefficient (Wildman–Crippen LogP) is 1.61. The van der Waals surface area contributed by atoms with Crippen molar-refractivity contribution in [3.63, 3.8) is 0 Å². The van der Waals surface area contributed by atoms with E-state index in [4.69, 9.17) is 4.74 Å². The fourth-order valence-electron chi connectivity index (χ4n) is 3.31. The maximum atomic E-state index is 10.4. The van der Waals surface area contributed by atoms with E-state index >= 15 is 0 Å². The molecule has 0 bridgehead atoms. The summed E-state index contributed by atoms with van der Waals surface area (Å²) in [6.07, 6.45) is 8.29. The van der Waals surface area contributed by atoms with Gasteiger partial charge in [0, 0.05) is 0 Å². The average Bonchev–Trinajstić information content (AvgIpc) is 2.51. The second-order valence-corrected chi connectivity index (χ2v) is 4.63.